The van der Waals surface area contributed by atoms with Crippen LogP contribution in [0.2, 0.25) is 0 Å². The molecule has 1 unspecified atom stereocenters. The Morgan fingerprint density at radius 2 is 2.11 bits per heavy atom. The Morgan fingerprint density at radius 1 is 1.37 bits per heavy atom. The van der Waals surface area contributed by atoms with E-state index in [0.717, 1.165) is 5.69 Å². The molecule has 5 nitrogen and oxygen atoms in total. The van der Waals surface area contributed by atoms with E-state index in [-0.39, 0.29) is 30.8 Å². The Hall–Kier alpha value is -2.04. The highest BCUT2D eigenvalue weighted by Gasteiger charge is 2.27. The van der Waals surface area contributed by atoms with E-state index in [1.54, 1.807) is 4.90 Å². The van der Waals surface area contributed by atoms with Crippen LogP contribution in [-0.2, 0) is 14.3 Å². The molecule has 1 aromatic rings. The second-order valence-corrected chi connectivity index (χ2v) is 4.48. The van der Waals surface area contributed by atoms with Gasteiger partial charge in [-0.15, -0.1) is 0 Å². The maximum atomic E-state index is 12.2. The van der Waals surface area contributed by atoms with Crippen molar-refractivity contribution in [3.63, 3.8) is 0 Å². The van der Waals surface area contributed by atoms with Gasteiger partial charge < -0.3 is 14.4 Å². The van der Waals surface area contributed by atoms with Crippen LogP contribution in [0.5, 0.6) is 5.75 Å². The topological polar surface area (TPSA) is 55.8 Å². The largest absolute Gasteiger partial charge is 0.487 e. The molecule has 0 N–H and O–H groups in total. The maximum absolute atomic E-state index is 12.2. The standard InChI is InChI=1S/C14H17NO4/c1-10-9-15(13(16)7-8-14(17)18-2)11-5-3-4-6-12(11)19-10/h3-6,10H,7-9H2,1-2H3. The van der Waals surface area contributed by atoms with Crippen molar-refractivity contribution in [1.29, 1.82) is 0 Å². The van der Waals surface area contributed by atoms with Crippen LogP contribution in [0.15, 0.2) is 24.3 Å². The molecule has 1 aliphatic rings. The van der Waals surface area contributed by atoms with Crippen molar-refractivity contribution in [1.82, 2.24) is 0 Å². The molecule has 2 rings (SSSR count). The summed E-state index contributed by atoms with van der Waals surface area (Å²) in [5.74, 6) is 0.239. The predicted octanol–water partition coefficient (Wildman–Crippen LogP) is 1.75. The van der Waals surface area contributed by atoms with Gasteiger partial charge in [0.2, 0.25) is 5.91 Å². The van der Waals surface area contributed by atoms with Crippen molar-refractivity contribution in [3.8, 4) is 5.75 Å². The minimum atomic E-state index is -0.372. The number of ether oxygens (including phenoxy) is 2. The molecular formula is C14H17NO4. The van der Waals surface area contributed by atoms with Crippen molar-refractivity contribution < 1.29 is 19.1 Å². The molecule has 19 heavy (non-hydrogen) atoms. The zero-order valence-electron chi connectivity index (χ0n) is 11.1. The normalized spacial score (nSPS) is 17.4. The summed E-state index contributed by atoms with van der Waals surface area (Å²) in [6.07, 6.45) is 0.189. The number of nitrogens with zero attached hydrogens (tertiary/aromatic N) is 1. The van der Waals surface area contributed by atoms with Gasteiger partial charge in [-0.1, -0.05) is 12.1 Å². The molecule has 0 spiro atoms. The number of carbonyl (C=O) groups is 2. The van der Waals surface area contributed by atoms with E-state index in [9.17, 15) is 9.59 Å². The number of benzene rings is 1. The molecule has 0 aromatic heterocycles. The van der Waals surface area contributed by atoms with Crippen molar-refractivity contribution in [3.05, 3.63) is 24.3 Å². The van der Waals surface area contributed by atoms with E-state index >= 15 is 0 Å². The van der Waals surface area contributed by atoms with Crippen LogP contribution < -0.4 is 9.64 Å². The number of amides is 1. The summed E-state index contributed by atoms with van der Waals surface area (Å²) in [5, 5.41) is 0. The molecular weight excluding hydrogens is 246 g/mol. The number of esters is 1. The van der Waals surface area contributed by atoms with Gasteiger partial charge in [0.15, 0.2) is 0 Å². The van der Waals surface area contributed by atoms with Gasteiger partial charge in [0.05, 0.1) is 25.8 Å². The fourth-order valence-electron chi connectivity index (χ4n) is 2.07. The number of methoxy groups -OCH3 is 1. The molecule has 5 heteroatoms. The number of hydrogen-bond acceptors (Lipinski definition) is 4. The van der Waals surface area contributed by atoms with E-state index < -0.39 is 0 Å². The number of carbonyl (C=O) groups excluding carboxylic acids is 2. The lowest BCUT2D eigenvalue weighted by molar-refractivity contribution is -0.141. The number of para-hydroxylation sites is 2. The van der Waals surface area contributed by atoms with E-state index in [1.807, 2.05) is 31.2 Å². The van der Waals surface area contributed by atoms with Crippen molar-refractivity contribution in [2.24, 2.45) is 0 Å². The van der Waals surface area contributed by atoms with Crippen LogP contribution in [0.4, 0.5) is 5.69 Å². The third-order valence-electron chi connectivity index (χ3n) is 3.00. The average Bonchev–Trinajstić information content (AvgIpc) is 2.43. The predicted molar refractivity (Wildman–Crippen MR) is 70.1 cm³/mol. The molecule has 1 heterocycles. The second-order valence-electron chi connectivity index (χ2n) is 4.48. The summed E-state index contributed by atoms with van der Waals surface area (Å²) in [6, 6.07) is 7.41. The summed E-state index contributed by atoms with van der Waals surface area (Å²) in [6.45, 7) is 2.41. The first-order valence-corrected chi connectivity index (χ1v) is 6.24. The molecule has 0 radical (unpaired) electrons. The molecule has 0 saturated heterocycles. The van der Waals surface area contributed by atoms with Gasteiger partial charge >= 0.3 is 5.97 Å². The quantitative estimate of drug-likeness (QED) is 0.780. The van der Waals surface area contributed by atoms with Gasteiger partial charge in [-0.05, 0) is 19.1 Å². The van der Waals surface area contributed by atoms with Gasteiger partial charge in [-0.2, -0.15) is 0 Å². The van der Waals surface area contributed by atoms with Gasteiger partial charge in [0, 0.05) is 6.42 Å². The zero-order valence-corrected chi connectivity index (χ0v) is 11.1. The first kappa shape index (κ1) is 13.4. The summed E-state index contributed by atoms with van der Waals surface area (Å²) >= 11 is 0. The Labute approximate surface area is 112 Å². The minimum absolute atomic E-state index is 0.0584. The summed E-state index contributed by atoms with van der Waals surface area (Å²) < 4.78 is 10.2. The third kappa shape index (κ3) is 3.05. The Bertz CT molecular complexity index is 486. The Balaban J connectivity index is 2.11. The van der Waals surface area contributed by atoms with Crippen LogP contribution in [0.3, 0.4) is 0 Å². The molecule has 1 aromatic carbocycles. The first-order valence-electron chi connectivity index (χ1n) is 6.24. The highest BCUT2D eigenvalue weighted by atomic mass is 16.5. The molecule has 102 valence electrons. The number of rotatable bonds is 3. The SMILES string of the molecule is COC(=O)CCC(=O)N1CC(C)Oc2ccccc21. The number of fused-ring (bicyclic) bond motifs is 1. The van der Waals surface area contributed by atoms with Gasteiger partial charge in [0.25, 0.3) is 0 Å². The van der Waals surface area contributed by atoms with Crippen molar-refractivity contribution >= 4 is 17.6 Å². The third-order valence-corrected chi connectivity index (χ3v) is 3.00. The zero-order chi connectivity index (χ0) is 13.8. The summed E-state index contributed by atoms with van der Waals surface area (Å²) in [5.41, 5.74) is 0.760. The van der Waals surface area contributed by atoms with Crippen LogP contribution in [0.25, 0.3) is 0 Å². The number of hydrogen-bond donors (Lipinski definition) is 0. The molecule has 0 aliphatic carbocycles. The summed E-state index contributed by atoms with van der Waals surface area (Å²) in [7, 11) is 1.32. The van der Waals surface area contributed by atoms with E-state index in [1.165, 1.54) is 7.11 Å². The smallest absolute Gasteiger partial charge is 0.306 e. The summed E-state index contributed by atoms with van der Waals surface area (Å²) in [4.78, 5) is 25.0. The molecule has 1 atom stereocenters. The maximum Gasteiger partial charge on any atom is 0.306 e. The van der Waals surface area contributed by atoms with Crippen LogP contribution in [0, 0.1) is 0 Å². The van der Waals surface area contributed by atoms with Gasteiger partial charge in [0.1, 0.15) is 11.9 Å². The van der Waals surface area contributed by atoms with Crippen molar-refractivity contribution in [2.45, 2.75) is 25.9 Å². The molecule has 0 saturated carbocycles. The van der Waals surface area contributed by atoms with Crippen LogP contribution >= 0.6 is 0 Å². The number of anilines is 1. The molecule has 0 bridgehead atoms. The lowest BCUT2D eigenvalue weighted by atomic mass is 10.1. The Morgan fingerprint density at radius 3 is 2.84 bits per heavy atom. The highest BCUT2D eigenvalue weighted by molar-refractivity contribution is 5.96. The molecule has 1 amide bonds. The second kappa shape index (κ2) is 5.73. The molecule has 1 aliphatic heterocycles. The fourth-order valence-corrected chi connectivity index (χ4v) is 2.07. The highest BCUT2D eigenvalue weighted by Crippen LogP contribution is 2.33. The fraction of sp³-hybridized carbons (Fsp3) is 0.429. The molecule has 0 fully saturated rings. The van der Waals surface area contributed by atoms with Gasteiger partial charge in [-0.25, -0.2) is 0 Å². The Kier molecular flexibility index (Phi) is 4.04. The van der Waals surface area contributed by atoms with E-state index in [0.29, 0.717) is 12.3 Å². The average molecular weight is 263 g/mol. The van der Waals surface area contributed by atoms with Crippen molar-refractivity contribution in [2.75, 3.05) is 18.6 Å². The van der Waals surface area contributed by atoms with Crippen LogP contribution in [-0.4, -0.2) is 31.6 Å². The van der Waals surface area contributed by atoms with E-state index in [2.05, 4.69) is 4.74 Å². The first-order chi connectivity index (χ1) is 9.11. The monoisotopic (exact) mass is 263 g/mol. The minimum Gasteiger partial charge on any atom is -0.487 e. The van der Waals surface area contributed by atoms with E-state index in [4.69, 9.17) is 4.74 Å². The van der Waals surface area contributed by atoms with Crippen LogP contribution in [0.1, 0.15) is 19.8 Å². The lowest BCUT2D eigenvalue weighted by Crippen LogP contribution is -2.42. The van der Waals surface area contributed by atoms with Gasteiger partial charge in [-0.3, -0.25) is 9.59 Å². The lowest BCUT2D eigenvalue weighted by Gasteiger charge is -2.33.